The zero-order valence-electron chi connectivity index (χ0n) is 31.0. The first-order chi connectivity index (χ1) is 27.7. The van der Waals surface area contributed by atoms with E-state index in [-0.39, 0.29) is 64.6 Å². The van der Waals surface area contributed by atoms with Gasteiger partial charge in [-0.3, -0.25) is 15.0 Å². The minimum absolute atomic E-state index is 0. The maximum Gasteiger partial charge on any atom is 2.00 e. The smallest absolute Gasteiger partial charge is 0.753 e. The van der Waals surface area contributed by atoms with Crippen LogP contribution in [-0.2, 0) is 25.7 Å². The second kappa shape index (κ2) is 22.1. The zero-order valence-corrected chi connectivity index (χ0v) is 34.4. The molecule has 0 fully saturated rings. The van der Waals surface area contributed by atoms with Gasteiger partial charge in [0.2, 0.25) is 0 Å². The Kier molecular flexibility index (Phi) is 17.7. The van der Waals surface area contributed by atoms with Crippen LogP contribution in [0.5, 0.6) is 0 Å². The first-order valence-electron chi connectivity index (χ1n) is 17.2. The number of thiocarbonyl (C=S) groups is 1. The van der Waals surface area contributed by atoms with Crippen molar-refractivity contribution in [2.75, 3.05) is 0 Å². The van der Waals surface area contributed by atoms with Crippen molar-refractivity contribution in [1.82, 2.24) is 30.1 Å². The van der Waals surface area contributed by atoms with Gasteiger partial charge in [0.15, 0.2) is 0 Å². The van der Waals surface area contributed by atoms with E-state index in [4.69, 9.17) is 15.6 Å². The minimum atomic E-state index is -4.50. The standard InChI is InChI=1S/C21H21F3N3S.C18H11N3O6.CNS.Ru/c1-3-5-14(6-4-2)11-16-8-10-19(28-16)15-7-9-17(25-13-15)18-12-20(27-26-18)21(22,23)24;22-16(23)9-1-3-19-12(5-9)14-7-11(18(26)27)8-15(21-14)13-6-10(17(24)25)2-4-20-13;2-1-3;/h7-13H,3-6H2,1-2H3;1-8H,(H,22,23)(H,24,25)(H,26,27);;/q-1;;-1;+2. The van der Waals surface area contributed by atoms with Gasteiger partial charge < -0.3 is 30.9 Å². The molecule has 6 rings (SSSR count). The number of alkyl halides is 3. The maximum absolute atomic E-state index is 12.7. The summed E-state index contributed by atoms with van der Waals surface area (Å²) in [4.78, 5) is 52.7. The predicted octanol–water partition coefficient (Wildman–Crippen LogP) is 9.79. The van der Waals surface area contributed by atoms with Gasteiger partial charge in [0.05, 0.1) is 39.5 Å². The fourth-order valence-electron chi connectivity index (χ4n) is 5.27. The van der Waals surface area contributed by atoms with Crippen molar-refractivity contribution < 1.29 is 62.4 Å². The number of halogens is 3. The van der Waals surface area contributed by atoms with Crippen LogP contribution in [-0.4, -0.2) is 63.4 Å². The summed E-state index contributed by atoms with van der Waals surface area (Å²) in [6, 6.07) is 16.2. The number of rotatable bonds is 12. The van der Waals surface area contributed by atoms with E-state index in [2.05, 4.69) is 68.3 Å². The summed E-state index contributed by atoms with van der Waals surface area (Å²) in [7, 11) is 0. The number of isothiocyanates is 1. The first-order valence-corrected chi connectivity index (χ1v) is 18.4. The van der Waals surface area contributed by atoms with Crippen molar-refractivity contribution in [3.63, 3.8) is 0 Å². The molecule has 0 saturated carbocycles. The molecule has 0 unspecified atom stereocenters. The second-order valence-electron chi connectivity index (χ2n) is 12.0. The van der Waals surface area contributed by atoms with E-state index in [1.807, 2.05) is 12.1 Å². The van der Waals surface area contributed by atoms with Gasteiger partial charge in [0.1, 0.15) is 5.69 Å². The molecule has 0 atom stereocenters. The molecule has 6 aromatic rings. The van der Waals surface area contributed by atoms with Gasteiger partial charge >= 0.3 is 43.6 Å². The van der Waals surface area contributed by atoms with E-state index >= 15 is 0 Å². The Balaban J connectivity index is 0.000000291. The molecule has 0 aliphatic rings. The van der Waals surface area contributed by atoms with E-state index in [1.165, 1.54) is 64.4 Å². The largest absolute Gasteiger partial charge is 2.00 e. The summed E-state index contributed by atoms with van der Waals surface area (Å²) in [6.07, 6.45) is 6.47. The number of aromatic nitrogens is 6. The Morgan fingerprint density at radius 3 is 1.75 bits per heavy atom. The van der Waals surface area contributed by atoms with E-state index in [1.54, 1.807) is 23.6 Å². The Hall–Kier alpha value is -6.13. The summed E-state index contributed by atoms with van der Waals surface area (Å²) < 4.78 is 38.0. The van der Waals surface area contributed by atoms with E-state index in [9.17, 15) is 32.7 Å². The zero-order chi connectivity index (χ0) is 42.4. The van der Waals surface area contributed by atoms with E-state index < -0.39 is 29.8 Å². The molecule has 6 heterocycles. The quantitative estimate of drug-likeness (QED) is 0.0593. The molecule has 13 nitrogen and oxygen atoms in total. The van der Waals surface area contributed by atoms with Crippen LogP contribution in [0.4, 0.5) is 13.2 Å². The van der Waals surface area contributed by atoms with E-state index in [0.717, 1.165) is 42.2 Å². The molecular formula is C40H32F3N7O6RuS2. The molecule has 0 amide bonds. The monoisotopic (exact) mass is 929 g/mol. The van der Waals surface area contributed by atoms with Crippen LogP contribution in [0.1, 0.15) is 81.2 Å². The number of nitrogens with zero attached hydrogens (tertiary/aromatic N) is 7. The van der Waals surface area contributed by atoms with Crippen LogP contribution in [0.15, 0.2) is 90.9 Å². The molecule has 0 bridgehead atoms. The van der Waals surface area contributed by atoms with Crippen LogP contribution in [0.2, 0.25) is 0 Å². The molecule has 0 aliphatic heterocycles. The number of hydrogen-bond acceptors (Lipinski definition) is 10. The Morgan fingerprint density at radius 2 is 1.31 bits per heavy atom. The van der Waals surface area contributed by atoms with Gasteiger partial charge in [0, 0.05) is 39.6 Å². The Morgan fingerprint density at radius 1 is 0.780 bits per heavy atom. The van der Waals surface area contributed by atoms with Crippen LogP contribution in [0, 0.1) is 0 Å². The third-order valence-corrected chi connectivity index (χ3v) is 8.95. The molecule has 6 aromatic heterocycles. The molecule has 59 heavy (non-hydrogen) atoms. The Labute approximate surface area is 357 Å². The van der Waals surface area contributed by atoms with Gasteiger partial charge in [-0.25, -0.2) is 19.4 Å². The van der Waals surface area contributed by atoms with Gasteiger partial charge in [0.25, 0.3) is 0 Å². The molecule has 3 N–H and O–H groups in total. The second-order valence-corrected chi connectivity index (χ2v) is 13.3. The van der Waals surface area contributed by atoms with Crippen LogP contribution in [0.25, 0.3) is 56.1 Å². The molecular weight excluding hydrogens is 897 g/mol. The van der Waals surface area contributed by atoms with Gasteiger partial charge in [-0.2, -0.15) is 18.3 Å². The normalized spacial score (nSPS) is 10.4. The summed E-state index contributed by atoms with van der Waals surface area (Å²) in [5.74, 6) is -3.56. The molecule has 0 spiro atoms. The predicted molar refractivity (Wildman–Crippen MR) is 214 cm³/mol. The Bertz CT molecular complexity index is 2380. The van der Waals surface area contributed by atoms with Crippen molar-refractivity contribution >= 4 is 52.7 Å². The van der Waals surface area contributed by atoms with Crippen molar-refractivity contribution in [1.29, 1.82) is 0 Å². The third-order valence-electron chi connectivity index (χ3n) is 7.87. The molecule has 0 aromatic carbocycles. The topological polar surface area (TPSA) is 213 Å². The molecule has 0 radical (unpaired) electrons. The summed E-state index contributed by atoms with van der Waals surface area (Å²) in [5.41, 5.74) is 2.25. The van der Waals surface area contributed by atoms with Gasteiger partial charge in [-0.1, -0.05) is 50.2 Å². The number of allylic oxidation sites excluding steroid dienone is 1. The maximum atomic E-state index is 12.7. The minimum Gasteiger partial charge on any atom is -0.753 e. The summed E-state index contributed by atoms with van der Waals surface area (Å²) in [6.45, 7) is 4.37. The van der Waals surface area contributed by atoms with Crippen molar-refractivity contribution in [2.24, 2.45) is 0 Å². The van der Waals surface area contributed by atoms with Crippen molar-refractivity contribution in [2.45, 2.75) is 45.7 Å². The van der Waals surface area contributed by atoms with E-state index in [0.29, 0.717) is 5.69 Å². The number of pyridine rings is 4. The van der Waals surface area contributed by atoms with Crippen LogP contribution in [0.3, 0.4) is 0 Å². The van der Waals surface area contributed by atoms with Crippen molar-refractivity contribution in [3.05, 3.63) is 124 Å². The van der Waals surface area contributed by atoms with Crippen molar-refractivity contribution in [3.8, 4) is 44.6 Å². The number of carboxylic acid groups (broad SMARTS) is 3. The average Bonchev–Trinajstić information content (AvgIpc) is 3.90. The molecule has 0 aliphatic carbocycles. The van der Waals surface area contributed by atoms with Gasteiger partial charge in [-0.05, 0) is 85.6 Å². The van der Waals surface area contributed by atoms with Crippen LogP contribution < -0.4 is 5.10 Å². The number of thiophene rings is 1. The fraction of sp³-hybridized carbons (Fsp3) is 0.175. The number of hydrogen-bond donors (Lipinski definition) is 3. The summed E-state index contributed by atoms with van der Waals surface area (Å²) >= 11 is 5.38. The SMILES string of the molecule is CCCC(=Cc1ccc(-c2ccc(-c3cc(C(F)(F)F)n[n-]3)nc2)s1)CCC.O=C(O)c1ccnc(-c2cc(C(=O)O)cc(-c3cc(C(=O)O)ccn3)n2)c1.[N-]=C=S.[Ru+2]. The summed E-state index contributed by atoms with van der Waals surface area (Å²) in [5, 5.41) is 42.8. The fourth-order valence-corrected chi connectivity index (χ4v) is 6.26. The van der Waals surface area contributed by atoms with Gasteiger partial charge in [-0.15, -0.1) is 11.3 Å². The number of carbonyl (C=O) groups is 3. The number of aromatic carboxylic acids is 3. The van der Waals surface area contributed by atoms with Crippen LogP contribution >= 0.6 is 23.6 Å². The molecule has 19 heteroatoms. The molecule has 304 valence electrons. The number of carboxylic acids is 3. The average molecular weight is 929 g/mol. The third kappa shape index (κ3) is 13.5. The molecule has 0 saturated heterocycles. The first kappa shape index (κ1) is 47.3.